The van der Waals surface area contributed by atoms with Crippen molar-refractivity contribution in [2.75, 3.05) is 19.7 Å². The number of H-pyrrole nitrogens is 1. The number of rotatable bonds is 5. The molecule has 170 valence electrons. The Bertz CT molecular complexity index is 1120. The summed E-state index contributed by atoms with van der Waals surface area (Å²) < 4.78 is 6.35. The molecule has 2 amide bonds. The van der Waals surface area contributed by atoms with E-state index < -0.39 is 0 Å². The van der Waals surface area contributed by atoms with Gasteiger partial charge in [0, 0.05) is 43.7 Å². The number of aromatic nitrogens is 3. The Kier molecular flexibility index (Phi) is 5.68. The van der Waals surface area contributed by atoms with Gasteiger partial charge in [0.2, 0.25) is 0 Å². The first-order valence-corrected chi connectivity index (χ1v) is 11.3. The maximum Gasteiger partial charge on any atom is 0.257 e. The van der Waals surface area contributed by atoms with Crippen LogP contribution in [0.25, 0.3) is 0 Å². The number of hydrogen-bond donors (Lipinski definition) is 2. The SMILES string of the molecule is CCO[C@@H]1[C@@H](NC(=O)c2cccnc2)c2ccccc2C12CCN(C(=O)c1cn[nH]c1)CC2. The molecule has 8 heteroatoms. The zero-order chi connectivity index (χ0) is 22.8. The summed E-state index contributed by atoms with van der Waals surface area (Å²) in [7, 11) is 0. The highest BCUT2D eigenvalue weighted by molar-refractivity contribution is 5.94. The predicted octanol–water partition coefficient (Wildman–Crippen LogP) is 2.87. The maximum atomic E-state index is 13.0. The summed E-state index contributed by atoms with van der Waals surface area (Å²) in [5, 5.41) is 9.83. The summed E-state index contributed by atoms with van der Waals surface area (Å²) in [6.45, 7) is 3.75. The smallest absolute Gasteiger partial charge is 0.257 e. The number of carbonyl (C=O) groups excluding carboxylic acids is 2. The molecule has 2 aliphatic rings. The molecule has 0 saturated carbocycles. The van der Waals surface area contributed by atoms with Gasteiger partial charge in [-0.25, -0.2) is 0 Å². The third kappa shape index (κ3) is 3.70. The molecule has 1 fully saturated rings. The Balaban J connectivity index is 1.44. The first-order valence-electron chi connectivity index (χ1n) is 11.3. The Morgan fingerprint density at radius 1 is 1.15 bits per heavy atom. The highest BCUT2D eigenvalue weighted by Gasteiger charge is 2.54. The van der Waals surface area contributed by atoms with Crippen LogP contribution in [0, 0.1) is 0 Å². The number of carbonyl (C=O) groups is 2. The van der Waals surface area contributed by atoms with Crippen LogP contribution in [-0.2, 0) is 10.2 Å². The Labute approximate surface area is 192 Å². The normalized spacial score (nSPS) is 21.1. The van der Waals surface area contributed by atoms with Crippen molar-refractivity contribution in [1.29, 1.82) is 0 Å². The fourth-order valence-electron chi connectivity index (χ4n) is 5.38. The van der Waals surface area contributed by atoms with Crippen molar-refractivity contribution in [1.82, 2.24) is 25.4 Å². The van der Waals surface area contributed by atoms with Gasteiger partial charge in [-0.15, -0.1) is 0 Å². The van der Waals surface area contributed by atoms with Gasteiger partial charge in [-0.2, -0.15) is 5.10 Å². The lowest BCUT2D eigenvalue weighted by molar-refractivity contribution is -0.0305. The molecule has 0 bridgehead atoms. The fraction of sp³-hybridized carbons (Fsp3) is 0.360. The summed E-state index contributed by atoms with van der Waals surface area (Å²) in [4.78, 5) is 31.8. The number of likely N-dealkylation sites (tertiary alicyclic amines) is 1. The molecule has 2 aromatic heterocycles. The van der Waals surface area contributed by atoms with E-state index in [0.29, 0.717) is 30.8 Å². The van der Waals surface area contributed by atoms with E-state index in [4.69, 9.17) is 4.74 Å². The third-order valence-electron chi connectivity index (χ3n) is 6.92. The predicted molar refractivity (Wildman–Crippen MR) is 122 cm³/mol. The summed E-state index contributed by atoms with van der Waals surface area (Å²) in [5.41, 5.74) is 3.11. The molecule has 5 rings (SSSR count). The average Bonchev–Trinajstić information content (AvgIpc) is 3.48. The monoisotopic (exact) mass is 445 g/mol. The van der Waals surface area contributed by atoms with Crippen LogP contribution in [0.1, 0.15) is 57.7 Å². The van der Waals surface area contributed by atoms with Gasteiger partial charge in [-0.1, -0.05) is 24.3 Å². The Hall–Kier alpha value is -3.52. The number of fused-ring (bicyclic) bond motifs is 2. The minimum atomic E-state index is -0.273. The molecule has 1 spiro atoms. The van der Waals surface area contributed by atoms with E-state index in [1.807, 2.05) is 24.0 Å². The van der Waals surface area contributed by atoms with Crippen LogP contribution in [0.5, 0.6) is 0 Å². The molecule has 0 unspecified atom stereocenters. The molecule has 1 aromatic carbocycles. The van der Waals surface area contributed by atoms with Crippen LogP contribution in [0.15, 0.2) is 61.2 Å². The van der Waals surface area contributed by atoms with E-state index >= 15 is 0 Å². The van der Waals surface area contributed by atoms with Crippen LogP contribution < -0.4 is 5.32 Å². The number of amides is 2. The van der Waals surface area contributed by atoms with Gasteiger partial charge in [0.05, 0.1) is 29.5 Å². The summed E-state index contributed by atoms with van der Waals surface area (Å²) in [6, 6.07) is 11.5. The lowest BCUT2D eigenvalue weighted by Crippen LogP contribution is -2.52. The second-order valence-corrected chi connectivity index (χ2v) is 8.59. The number of aromatic amines is 1. The van der Waals surface area contributed by atoms with Crippen LogP contribution in [0.3, 0.4) is 0 Å². The van der Waals surface area contributed by atoms with E-state index in [1.54, 1.807) is 36.9 Å². The number of nitrogens with one attached hydrogen (secondary N) is 2. The summed E-state index contributed by atoms with van der Waals surface area (Å²) >= 11 is 0. The minimum Gasteiger partial charge on any atom is -0.375 e. The highest BCUT2D eigenvalue weighted by atomic mass is 16.5. The van der Waals surface area contributed by atoms with Crippen molar-refractivity contribution in [3.63, 3.8) is 0 Å². The quantitative estimate of drug-likeness (QED) is 0.629. The molecule has 3 heterocycles. The molecule has 3 aromatic rings. The van der Waals surface area contributed by atoms with Gasteiger partial charge in [0.1, 0.15) is 0 Å². The van der Waals surface area contributed by atoms with Gasteiger partial charge in [0.25, 0.3) is 11.8 Å². The number of piperidine rings is 1. The van der Waals surface area contributed by atoms with E-state index in [-0.39, 0.29) is 29.4 Å². The highest BCUT2D eigenvalue weighted by Crippen LogP contribution is 2.52. The van der Waals surface area contributed by atoms with E-state index in [0.717, 1.165) is 18.4 Å². The minimum absolute atomic E-state index is 0.0146. The summed E-state index contributed by atoms with van der Waals surface area (Å²) in [6.07, 6.45) is 7.72. The second-order valence-electron chi connectivity index (χ2n) is 8.59. The average molecular weight is 446 g/mol. The van der Waals surface area contributed by atoms with E-state index in [2.05, 4.69) is 32.6 Å². The van der Waals surface area contributed by atoms with Crippen molar-refractivity contribution in [2.24, 2.45) is 0 Å². The van der Waals surface area contributed by atoms with Crippen LogP contribution in [0.4, 0.5) is 0 Å². The molecule has 33 heavy (non-hydrogen) atoms. The van der Waals surface area contributed by atoms with Gasteiger partial charge in [-0.3, -0.25) is 19.7 Å². The molecule has 2 N–H and O–H groups in total. The van der Waals surface area contributed by atoms with Gasteiger partial charge in [-0.05, 0) is 43.0 Å². The van der Waals surface area contributed by atoms with Crippen LogP contribution in [-0.4, -0.2) is 57.7 Å². The lowest BCUT2D eigenvalue weighted by Gasteiger charge is -2.44. The van der Waals surface area contributed by atoms with Crippen molar-refractivity contribution < 1.29 is 14.3 Å². The summed E-state index contributed by atoms with van der Waals surface area (Å²) in [5.74, 6) is -0.184. The van der Waals surface area contributed by atoms with Crippen molar-refractivity contribution in [3.8, 4) is 0 Å². The number of ether oxygens (including phenoxy) is 1. The Morgan fingerprint density at radius 3 is 2.67 bits per heavy atom. The third-order valence-corrected chi connectivity index (χ3v) is 6.92. The van der Waals surface area contributed by atoms with Gasteiger partial charge in [0.15, 0.2) is 0 Å². The van der Waals surface area contributed by atoms with Crippen molar-refractivity contribution in [2.45, 2.75) is 37.3 Å². The molecular weight excluding hydrogens is 418 g/mol. The molecule has 1 aliphatic heterocycles. The molecule has 1 aliphatic carbocycles. The van der Waals surface area contributed by atoms with Crippen LogP contribution >= 0.6 is 0 Å². The first-order chi connectivity index (χ1) is 16.1. The largest absolute Gasteiger partial charge is 0.375 e. The maximum absolute atomic E-state index is 13.0. The van der Waals surface area contributed by atoms with Gasteiger partial charge < -0.3 is 15.0 Å². The van der Waals surface area contributed by atoms with E-state index in [1.165, 1.54) is 5.56 Å². The molecule has 0 radical (unpaired) electrons. The first kappa shape index (κ1) is 21.3. The van der Waals surface area contributed by atoms with Crippen molar-refractivity contribution >= 4 is 11.8 Å². The second kappa shape index (κ2) is 8.78. The Morgan fingerprint density at radius 2 is 1.97 bits per heavy atom. The van der Waals surface area contributed by atoms with Gasteiger partial charge >= 0.3 is 0 Å². The topological polar surface area (TPSA) is 100 Å². The molecule has 1 saturated heterocycles. The zero-order valence-corrected chi connectivity index (χ0v) is 18.5. The van der Waals surface area contributed by atoms with E-state index in [9.17, 15) is 9.59 Å². The number of pyridine rings is 1. The standard InChI is InChI=1S/C25H27N5O3/c1-2-33-22-21(29-23(31)17-6-5-11-26-14-17)19-7-3-4-8-20(19)25(22)9-12-30(13-10-25)24(32)18-15-27-28-16-18/h3-8,11,14-16,21-22H,2,9-10,12-13H2,1H3,(H,27,28)(H,29,31)/t21-,22+/m0/s1. The zero-order valence-electron chi connectivity index (χ0n) is 18.5. The fourth-order valence-corrected chi connectivity index (χ4v) is 5.38. The molecule has 8 nitrogen and oxygen atoms in total. The number of nitrogens with zero attached hydrogens (tertiary/aromatic N) is 3. The lowest BCUT2D eigenvalue weighted by atomic mass is 9.71. The van der Waals surface area contributed by atoms with Crippen LogP contribution in [0.2, 0.25) is 0 Å². The molecule has 2 atom stereocenters. The number of hydrogen-bond acceptors (Lipinski definition) is 5. The number of benzene rings is 1. The van der Waals surface area contributed by atoms with Crippen molar-refractivity contribution in [3.05, 3.63) is 83.4 Å². The molecular formula is C25H27N5O3.